The maximum atomic E-state index is 12.3. The highest BCUT2D eigenvalue weighted by atomic mass is 79.9. The van der Waals surface area contributed by atoms with Crippen LogP contribution < -0.4 is 0 Å². The lowest BCUT2D eigenvalue weighted by atomic mass is 10.1. The number of halogens is 1. The second kappa shape index (κ2) is 9.90. The SMILES string of the molecule is N#Cc1ccc(COC(=O)C=Cc2cn(-c3ccccc3)nc2-c2ccc(Br)cc2)cc1. The molecule has 0 atom stereocenters. The zero-order valence-corrected chi connectivity index (χ0v) is 18.6. The van der Waals surface area contributed by atoms with Gasteiger partial charge in [-0.25, -0.2) is 9.48 Å². The van der Waals surface area contributed by atoms with Crippen LogP contribution in [0, 0.1) is 11.3 Å². The summed E-state index contributed by atoms with van der Waals surface area (Å²) in [5, 5.41) is 13.6. The van der Waals surface area contributed by atoms with Crippen LogP contribution in [0.25, 0.3) is 23.0 Å². The Labute approximate surface area is 194 Å². The third-order valence-electron chi connectivity index (χ3n) is 4.74. The number of carbonyl (C=O) groups is 1. The number of para-hydroxylation sites is 1. The largest absolute Gasteiger partial charge is 0.458 e. The number of rotatable bonds is 6. The Morgan fingerprint density at radius 2 is 1.75 bits per heavy atom. The average Bonchev–Trinajstić information content (AvgIpc) is 3.27. The molecule has 4 rings (SSSR count). The summed E-state index contributed by atoms with van der Waals surface area (Å²) in [6.45, 7) is 0.137. The van der Waals surface area contributed by atoms with Crippen LogP contribution in [0.4, 0.5) is 0 Å². The molecule has 0 bridgehead atoms. The first kappa shape index (κ1) is 21.3. The van der Waals surface area contributed by atoms with Crippen LogP contribution in [0.5, 0.6) is 0 Å². The summed E-state index contributed by atoms with van der Waals surface area (Å²) in [7, 11) is 0. The smallest absolute Gasteiger partial charge is 0.331 e. The molecule has 0 spiro atoms. The third kappa shape index (κ3) is 5.20. The molecule has 0 saturated carbocycles. The fraction of sp³-hybridized carbons (Fsp3) is 0.0385. The summed E-state index contributed by atoms with van der Waals surface area (Å²) >= 11 is 3.46. The fourth-order valence-electron chi connectivity index (χ4n) is 3.09. The van der Waals surface area contributed by atoms with Crippen molar-refractivity contribution in [1.82, 2.24) is 9.78 Å². The van der Waals surface area contributed by atoms with E-state index in [1.54, 1.807) is 35.0 Å². The molecule has 0 N–H and O–H groups in total. The van der Waals surface area contributed by atoms with Gasteiger partial charge in [0.05, 0.1) is 23.0 Å². The van der Waals surface area contributed by atoms with Gasteiger partial charge < -0.3 is 4.74 Å². The van der Waals surface area contributed by atoms with Gasteiger partial charge in [0.2, 0.25) is 0 Å². The monoisotopic (exact) mass is 483 g/mol. The number of aromatic nitrogens is 2. The van der Waals surface area contributed by atoms with Crippen molar-refractivity contribution < 1.29 is 9.53 Å². The number of ether oxygens (including phenoxy) is 1. The third-order valence-corrected chi connectivity index (χ3v) is 5.27. The molecule has 3 aromatic carbocycles. The van der Waals surface area contributed by atoms with E-state index in [1.807, 2.05) is 60.8 Å². The first-order valence-electron chi connectivity index (χ1n) is 9.87. The molecule has 0 fully saturated rings. The molecule has 0 aliphatic heterocycles. The number of carbonyl (C=O) groups excluding carboxylic acids is 1. The fourth-order valence-corrected chi connectivity index (χ4v) is 3.35. The molecule has 0 aliphatic carbocycles. The molecule has 0 saturated heterocycles. The Bertz CT molecular complexity index is 1290. The number of nitriles is 1. The maximum absolute atomic E-state index is 12.3. The van der Waals surface area contributed by atoms with E-state index in [-0.39, 0.29) is 6.61 Å². The van der Waals surface area contributed by atoms with Gasteiger partial charge in [-0.2, -0.15) is 10.4 Å². The van der Waals surface area contributed by atoms with Gasteiger partial charge in [-0.05, 0) is 48.0 Å². The van der Waals surface area contributed by atoms with Crippen molar-refractivity contribution in [3.63, 3.8) is 0 Å². The Morgan fingerprint density at radius 3 is 2.44 bits per heavy atom. The molecule has 1 heterocycles. The summed E-state index contributed by atoms with van der Waals surface area (Å²) in [6, 6.07) is 26.6. The minimum atomic E-state index is -0.455. The van der Waals surface area contributed by atoms with Crippen molar-refractivity contribution in [1.29, 1.82) is 5.26 Å². The van der Waals surface area contributed by atoms with Crippen LogP contribution in [0.2, 0.25) is 0 Å². The minimum absolute atomic E-state index is 0.137. The van der Waals surface area contributed by atoms with E-state index in [4.69, 9.17) is 15.1 Å². The Morgan fingerprint density at radius 1 is 1.03 bits per heavy atom. The van der Waals surface area contributed by atoms with Crippen molar-refractivity contribution in [3.8, 4) is 23.0 Å². The van der Waals surface area contributed by atoms with Gasteiger partial charge in [0.25, 0.3) is 0 Å². The van der Waals surface area contributed by atoms with Crippen molar-refractivity contribution in [2.75, 3.05) is 0 Å². The van der Waals surface area contributed by atoms with Crippen molar-refractivity contribution >= 4 is 28.0 Å². The highest BCUT2D eigenvalue weighted by molar-refractivity contribution is 9.10. The predicted octanol–water partition coefficient (Wildman–Crippen LogP) is 5.93. The topological polar surface area (TPSA) is 67.9 Å². The first-order chi connectivity index (χ1) is 15.6. The quantitative estimate of drug-likeness (QED) is 0.251. The van der Waals surface area contributed by atoms with E-state index < -0.39 is 5.97 Å². The van der Waals surface area contributed by atoms with E-state index in [9.17, 15) is 4.79 Å². The predicted molar refractivity (Wildman–Crippen MR) is 127 cm³/mol. The zero-order chi connectivity index (χ0) is 22.3. The summed E-state index contributed by atoms with van der Waals surface area (Å²) < 4.78 is 8.10. The van der Waals surface area contributed by atoms with Crippen LogP contribution >= 0.6 is 15.9 Å². The van der Waals surface area contributed by atoms with Crippen LogP contribution in [0.1, 0.15) is 16.7 Å². The Hall–Kier alpha value is -3.95. The summed E-state index contributed by atoms with van der Waals surface area (Å²) in [5.41, 5.74) is 4.81. The van der Waals surface area contributed by atoms with Gasteiger partial charge in [0.1, 0.15) is 6.61 Å². The molecule has 5 nitrogen and oxygen atoms in total. The van der Waals surface area contributed by atoms with Gasteiger partial charge in [-0.3, -0.25) is 0 Å². The van der Waals surface area contributed by atoms with E-state index in [1.165, 1.54) is 6.08 Å². The lowest BCUT2D eigenvalue weighted by Gasteiger charge is -2.02. The molecule has 4 aromatic rings. The van der Waals surface area contributed by atoms with E-state index in [0.717, 1.165) is 32.5 Å². The number of hydrogen-bond donors (Lipinski definition) is 0. The van der Waals surface area contributed by atoms with E-state index in [2.05, 4.69) is 22.0 Å². The van der Waals surface area contributed by atoms with Gasteiger partial charge in [-0.15, -0.1) is 0 Å². The Kier molecular flexibility index (Phi) is 6.59. The lowest BCUT2D eigenvalue weighted by molar-refractivity contribution is -0.138. The average molecular weight is 484 g/mol. The van der Waals surface area contributed by atoms with Crippen molar-refractivity contribution in [2.45, 2.75) is 6.61 Å². The van der Waals surface area contributed by atoms with E-state index >= 15 is 0 Å². The second-order valence-electron chi connectivity index (χ2n) is 6.97. The maximum Gasteiger partial charge on any atom is 0.331 e. The normalized spacial score (nSPS) is 10.8. The van der Waals surface area contributed by atoms with Gasteiger partial charge >= 0.3 is 5.97 Å². The molecule has 156 valence electrons. The summed E-state index contributed by atoms with van der Waals surface area (Å²) in [6.07, 6.45) is 5.00. The summed E-state index contributed by atoms with van der Waals surface area (Å²) in [4.78, 5) is 12.3. The number of hydrogen-bond acceptors (Lipinski definition) is 4. The molecular weight excluding hydrogens is 466 g/mol. The summed E-state index contributed by atoms with van der Waals surface area (Å²) in [5.74, 6) is -0.455. The molecule has 32 heavy (non-hydrogen) atoms. The van der Waals surface area contributed by atoms with Crippen molar-refractivity contribution in [2.24, 2.45) is 0 Å². The highest BCUT2D eigenvalue weighted by Gasteiger charge is 2.11. The first-order valence-corrected chi connectivity index (χ1v) is 10.7. The van der Waals surface area contributed by atoms with Crippen LogP contribution in [-0.4, -0.2) is 15.7 Å². The van der Waals surface area contributed by atoms with Crippen LogP contribution in [0.3, 0.4) is 0 Å². The molecule has 0 radical (unpaired) electrons. The van der Waals surface area contributed by atoms with Crippen LogP contribution in [0.15, 0.2) is 95.6 Å². The highest BCUT2D eigenvalue weighted by Crippen LogP contribution is 2.26. The number of esters is 1. The molecular formula is C26H18BrN3O2. The Balaban J connectivity index is 1.55. The molecule has 1 aromatic heterocycles. The second-order valence-corrected chi connectivity index (χ2v) is 7.89. The van der Waals surface area contributed by atoms with Gasteiger partial charge in [0.15, 0.2) is 0 Å². The van der Waals surface area contributed by atoms with Gasteiger partial charge in [0, 0.05) is 27.9 Å². The molecule has 0 unspecified atom stereocenters. The number of nitrogens with zero attached hydrogens (tertiary/aromatic N) is 3. The van der Waals surface area contributed by atoms with Crippen molar-refractivity contribution in [3.05, 3.63) is 112 Å². The van der Waals surface area contributed by atoms with E-state index in [0.29, 0.717) is 5.56 Å². The van der Waals surface area contributed by atoms with Gasteiger partial charge in [-0.1, -0.05) is 58.4 Å². The standard InChI is InChI=1S/C26H18BrN3O2/c27-23-13-10-21(11-14-23)26-22(17-30(29-26)24-4-2-1-3-5-24)12-15-25(31)32-18-20-8-6-19(16-28)7-9-20/h1-15,17H,18H2. The minimum Gasteiger partial charge on any atom is -0.458 e. The molecule has 6 heteroatoms. The molecule has 0 amide bonds. The molecule has 0 aliphatic rings. The van der Waals surface area contributed by atoms with Crippen LogP contribution in [-0.2, 0) is 16.1 Å². The number of benzene rings is 3. The zero-order valence-electron chi connectivity index (χ0n) is 17.0. The lowest BCUT2D eigenvalue weighted by Crippen LogP contribution is -2.00.